The minimum absolute atomic E-state index is 0.501. The minimum atomic E-state index is -0.538. The lowest BCUT2D eigenvalue weighted by Gasteiger charge is -2.35. The van der Waals surface area contributed by atoms with Crippen molar-refractivity contribution in [1.29, 1.82) is 0 Å². The normalized spacial score (nSPS) is 13.7. The van der Waals surface area contributed by atoms with Crippen molar-refractivity contribution in [2.45, 2.75) is 10.8 Å². The molecule has 0 amide bonds. The summed E-state index contributed by atoms with van der Waals surface area (Å²) >= 11 is 1.88. The van der Waals surface area contributed by atoms with Crippen molar-refractivity contribution >= 4 is 48.6 Å². The first kappa shape index (κ1) is 40.5. The molecule has 0 saturated heterocycles. The highest BCUT2D eigenvalue weighted by Crippen LogP contribution is 2.60. The van der Waals surface area contributed by atoms with Crippen LogP contribution in [-0.4, -0.2) is 0 Å². The molecule has 11 aromatic carbocycles. The number of thiophene rings is 1. The molecule has 2 aliphatic carbocycles. The summed E-state index contributed by atoms with van der Waals surface area (Å²) in [6.45, 7) is 0. The van der Waals surface area contributed by atoms with E-state index in [9.17, 15) is 0 Å². The van der Waals surface area contributed by atoms with Crippen LogP contribution in [0.2, 0.25) is 0 Å². The fraction of sp³-hybridized carbons (Fsp3) is 0.0294. The zero-order valence-electron chi connectivity index (χ0n) is 38.3. The third-order valence-electron chi connectivity index (χ3n) is 15.2. The van der Waals surface area contributed by atoms with Gasteiger partial charge in [-0.1, -0.05) is 237 Å². The lowest BCUT2D eigenvalue weighted by atomic mass is 9.67. The maximum atomic E-state index is 2.52. The Bertz CT molecular complexity index is 3860. The van der Waals surface area contributed by atoms with Gasteiger partial charge < -0.3 is 4.90 Å². The van der Waals surface area contributed by atoms with Gasteiger partial charge in [0.15, 0.2) is 0 Å². The van der Waals surface area contributed by atoms with Crippen molar-refractivity contribution in [3.05, 3.63) is 317 Å². The van der Waals surface area contributed by atoms with Crippen LogP contribution >= 0.6 is 11.3 Å². The summed E-state index contributed by atoms with van der Waals surface area (Å²) in [6, 6.07) is 102. The van der Waals surface area contributed by atoms with Gasteiger partial charge in [0.25, 0.3) is 0 Å². The molecule has 0 N–H and O–H groups in total. The summed E-state index contributed by atoms with van der Waals surface area (Å²) in [7, 11) is 0. The zero-order valence-corrected chi connectivity index (χ0v) is 39.2. The van der Waals surface area contributed by atoms with Crippen molar-refractivity contribution in [3.8, 4) is 33.4 Å². The molecule has 2 aliphatic rings. The standard InChI is InChI=1S/C68H45NS/c1-4-22-47(23-5-1)67(59-35-14-10-29-54(59)55-30-11-15-36-60(55)67)50-41-43-51(44-42-50)69(52-28-18-21-46(45-52)53-33-19-34-57-56-31-13-17-40-64(56)70-66(53)57)63-39-20-38-62-65(63)58-32-12-16-37-61(58)68(62,48-24-6-2-7-25-48)49-26-8-3-9-27-49/h1-45H. The number of benzene rings is 11. The second-order valence-corrected chi connectivity index (χ2v) is 19.7. The van der Waals surface area contributed by atoms with Gasteiger partial charge in [0, 0.05) is 37.1 Å². The highest BCUT2D eigenvalue weighted by Gasteiger charge is 2.48. The lowest BCUT2D eigenvalue weighted by molar-refractivity contribution is 0.768. The first-order chi connectivity index (χ1) is 34.7. The lowest BCUT2D eigenvalue weighted by Crippen LogP contribution is -2.28. The Morgan fingerprint density at radius 1 is 0.300 bits per heavy atom. The van der Waals surface area contributed by atoms with Crippen LogP contribution in [0.25, 0.3) is 53.6 Å². The number of hydrogen-bond donors (Lipinski definition) is 0. The molecule has 0 bridgehead atoms. The molecule has 1 aromatic heterocycles. The van der Waals surface area contributed by atoms with Crippen molar-refractivity contribution in [3.63, 3.8) is 0 Å². The third kappa shape index (κ3) is 5.78. The van der Waals surface area contributed by atoms with Crippen LogP contribution in [0.1, 0.15) is 44.5 Å². The van der Waals surface area contributed by atoms with E-state index in [0.29, 0.717) is 0 Å². The molecule has 0 aliphatic heterocycles. The number of rotatable bonds is 8. The number of fused-ring (bicyclic) bond motifs is 9. The quantitative estimate of drug-likeness (QED) is 0.147. The van der Waals surface area contributed by atoms with E-state index in [4.69, 9.17) is 0 Å². The summed E-state index contributed by atoms with van der Waals surface area (Å²) in [5, 5.41) is 2.61. The average molecular weight is 908 g/mol. The second kappa shape index (κ2) is 16.0. The average Bonchev–Trinajstić information content (AvgIpc) is 4.08. The molecule has 70 heavy (non-hydrogen) atoms. The molecule has 0 unspecified atom stereocenters. The zero-order chi connectivity index (χ0) is 46.2. The van der Waals surface area contributed by atoms with Crippen molar-refractivity contribution in [1.82, 2.24) is 0 Å². The summed E-state index contributed by atoms with van der Waals surface area (Å²) in [6.07, 6.45) is 0. The fourth-order valence-corrected chi connectivity index (χ4v) is 13.7. The summed E-state index contributed by atoms with van der Waals surface area (Å²) < 4.78 is 2.62. The molecule has 12 aromatic rings. The Hall–Kier alpha value is -8.56. The number of anilines is 3. The van der Waals surface area contributed by atoms with Crippen molar-refractivity contribution in [2.75, 3.05) is 4.90 Å². The Kier molecular flexibility index (Phi) is 9.27. The van der Waals surface area contributed by atoms with E-state index in [1.165, 1.54) is 98.1 Å². The monoisotopic (exact) mass is 907 g/mol. The van der Waals surface area contributed by atoms with E-state index in [1.807, 2.05) is 11.3 Å². The molecule has 1 nitrogen and oxygen atoms in total. The van der Waals surface area contributed by atoms with E-state index in [2.05, 4.69) is 278 Å². The van der Waals surface area contributed by atoms with Gasteiger partial charge in [0.2, 0.25) is 0 Å². The van der Waals surface area contributed by atoms with E-state index < -0.39 is 10.8 Å². The minimum Gasteiger partial charge on any atom is -0.310 e. The van der Waals surface area contributed by atoms with Crippen LogP contribution in [0.3, 0.4) is 0 Å². The van der Waals surface area contributed by atoms with E-state index in [1.54, 1.807) is 0 Å². The predicted molar refractivity (Wildman–Crippen MR) is 294 cm³/mol. The molecule has 0 radical (unpaired) electrons. The molecular weight excluding hydrogens is 863 g/mol. The van der Waals surface area contributed by atoms with Gasteiger partial charge >= 0.3 is 0 Å². The summed E-state index contributed by atoms with van der Waals surface area (Å²) in [4.78, 5) is 2.52. The van der Waals surface area contributed by atoms with Gasteiger partial charge in [-0.3, -0.25) is 0 Å². The Morgan fingerprint density at radius 3 is 1.40 bits per heavy atom. The number of nitrogens with zero attached hydrogens (tertiary/aromatic N) is 1. The molecule has 0 spiro atoms. The van der Waals surface area contributed by atoms with Crippen LogP contribution in [0.5, 0.6) is 0 Å². The SMILES string of the molecule is c1ccc(C2(c3ccc(N(c4cccc(-c5cccc6c5sc5ccccc56)c4)c4cccc5c4-c4ccccc4C5(c4ccccc4)c4ccccc4)cc3)c3ccccc3-c3ccccc32)cc1. The topological polar surface area (TPSA) is 3.24 Å². The van der Waals surface area contributed by atoms with Gasteiger partial charge in [-0.2, -0.15) is 0 Å². The van der Waals surface area contributed by atoms with E-state index in [0.717, 1.165) is 17.1 Å². The Balaban J connectivity index is 1.02. The molecule has 2 heteroatoms. The molecule has 0 fully saturated rings. The van der Waals surface area contributed by atoms with Gasteiger partial charge in [-0.25, -0.2) is 0 Å². The summed E-state index contributed by atoms with van der Waals surface area (Å²) in [5.41, 5.74) is 20.0. The smallest absolute Gasteiger partial charge is 0.0714 e. The molecule has 0 atom stereocenters. The largest absolute Gasteiger partial charge is 0.310 e. The van der Waals surface area contributed by atoms with Crippen molar-refractivity contribution < 1.29 is 0 Å². The fourth-order valence-electron chi connectivity index (χ4n) is 12.4. The first-order valence-corrected chi connectivity index (χ1v) is 25.1. The van der Waals surface area contributed by atoms with Crippen LogP contribution in [-0.2, 0) is 10.8 Å². The van der Waals surface area contributed by atoms with E-state index >= 15 is 0 Å². The van der Waals surface area contributed by atoms with Crippen LogP contribution < -0.4 is 4.90 Å². The van der Waals surface area contributed by atoms with E-state index in [-0.39, 0.29) is 0 Å². The second-order valence-electron chi connectivity index (χ2n) is 18.6. The first-order valence-electron chi connectivity index (χ1n) is 24.3. The highest BCUT2D eigenvalue weighted by atomic mass is 32.1. The Morgan fingerprint density at radius 2 is 0.757 bits per heavy atom. The molecule has 328 valence electrons. The summed E-state index contributed by atoms with van der Waals surface area (Å²) in [5.74, 6) is 0. The molecule has 14 rings (SSSR count). The predicted octanol–water partition coefficient (Wildman–Crippen LogP) is 17.9. The Labute approximate surface area is 412 Å². The van der Waals surface area contributed by atoms with Crippen LogP contribution in [0.4, 0.5) is 17.1 Å². The third-order valence-corrected chi connectivity index (χ3v) is 16.5. The van der Waals surface area contributed by atoms with Gasteiger partial charge in [0.1, 0.15) is 0 Å². The molecular formula is C68H45NS. The van der Waals surface area contributed by atoms with Gasteiger partial charge in [0.05, 0.1) is 16.5 Å². The van der Waals surface area contributed by atoms with Crippen LogP contribution in [0, 0.1) is 0 Å². The number of hydrogen-bond acceptors (Lipinski definition) is 2. The maximum absolute atomic E-state index is 2.52. The molecule has 0 saturated carbocycles. The van der Waals surface area contributed by atoms with Gasteiger partial charge in [-0.05, 0) is 109 Å². The van der Waals surface area contributed by atoms with Gasteiger partial charge in [-0.15, -0.1) is 11.3 Å². The maximum Gasteiger partial charge on any atom is 0.0714 e. The molecule has 1 heterocycles. The van der Waals surface area contributed by atoms with Crippen LogP contribution in [0.15, 0.2) is 273 Å². The van der Waals surface area contributed by atoms with Crippen molar-refractivity contribution in [2.24, 2.45) is 0 Å². The highest BCUT2D eigenvalue weighted by molar-refractivity contribution is 7.26.